The van der Waals surface area contributed by atoms with E-state index < -0.39 is 0 Å². The van der Waals surface area contributed by atoms with E-state index in [-0.39, 0.29) is 18.3 Å². The molecule has 3 rings (SSSR count). The number of nitrogens with one attached hydrogen (secondary N) is 1. The van der Waals surface area contributed by atoms with Crippen molar-refractivity contribution in [2.75, 3.05) is 13.2 Å². The summed E-state index contributed by atoms with van der Waals surface area (Å²) in [6.07, 6.45) is 0.760. The van der Waals surface area contributed by atoms with E-state index >= 15 is 0 Å². The lowest BCUT2D eigenvalue weighted by atomic mass is 10.3. The van der Waals surface area contributed by atoms with E-state index in [2.05, 4.69) is 27.8 Å². The third-order valence-corrected chi connectivity index (χ3v) is 5.35. The maximum atomic E-state index is 12.8. The van der Waals surface area contributed by atoms with Crippen molar-refractivity contribution in [1.82, 2.24) is 10.3 Å². The van der Waals surface area contributed by atoms with E-state index in [0.717, 1.165) is 22.0 Å². The first kappa shape index (κ1) is 17.6. The van der Waals surface area contributed by atoms with Gasteiger partial charge in [-0.15, -0.1) is 22.7 Å². The van der Waals surface area contributed by atoms with Crippen LogP contribution >= 0.6 is 22.7 Å². The van der Waals surface area contributed by atoms with Gasteiger partial charge < -0.3 is 10.1 Å². The number of thiophene rings is 1. The fourth-order valence-electron chi connectivity index (χ4n) is 2.18. The second-order valence-corrected chi connectivity index (χ2v) is 7.59. The minimum atomic E-state index is -0.333. The molecule has 1 N–H and O–H groups in total. The summed E-state index contributed by atoms with van der Waals surface area (Å²) < 4.78 is 18.1. The lowest BCUT2D eigenvalue weighted by Crippen LogP contribution is -2.30. The van der Waals surface area contributed by atoms with Crippen LogP contribution in [0.2, 0.25) is 0 Å². The number of nitrogens with zero attached hydrogens (tertiary/aromatic N) is 1. The highest BCUT2D eigenvalue weighted by molar-refractivity contribution is 7.16. The molecule has 0 unspecified atom stereocenters. The molecule has 2 heterocycles. The summed E-state index contributed by atoms with van der Waals surface area (Å²) >= 11 is 3.33. The molecular formula is C18H17FN2O2S2. The Morgan fingerprint density at radius 1 is 1.24 bits per heavy atom. The average Bonchev–Trinajstić information content (AvgIpc) is 3.23. The molecule has 0 aliphatic heterocycles. The van der Waals surface area contributed by atoms with Gasteiger partial charge in [0.15, 0.2) is 6.61 Å². The number of hydrogen-bond acceptors (Lipinski definition) is 5. The molecule has 7 heteroatoms. The number of halogens is 1. The van der Waals surface area contributed by atoms with E-state index in [1.807, 2.05) is 6.92 Å². The average molecular weight is 376 g/mol. The molecular weight excluding hydrogens is 359 g/mol. The van der Waals surface area contributed by atoms with Crippen molar-refractivity contribution in [3.8, 4) is 16.3 Å². The highest BCUT2D eigenvalue weighted by atomic mass is 32.1. The summed E-state index contributed by atoms with van der Waals surface area (Å²) in [6.45, 7) is 2.45. The summed E-state index contributed by atoms with van der Waals surface area (Å²) in [5.41, 5.74) is 1.01. The number of carbonyl (C=O) groups is 1. The molecule has 0 radical (unpaired) electrons. The first-order chi connectivity index (χ1) is 12.1. The summed E-state index contributed by atoms with van der Waals surface area (Å²) in [5.74, 6) is -0.0610. The highest BCUT2D eigenvalue weighted by Crippen LogP contribution is 2.29. The van der Waals surface area contributed by atoms with Crippen molar-refractivity contribution in [3.63, 3.8) is 0 Å². The van der Waals surface area contributed by atoms with E-state index in [1.54, 1.807) is 22.7 Å². The lowest BCUT2D eigenvalue weighted by Gasteiger charge is -2.07. The highest BCUT2D eigenvalue weighted by Gasteiger charge is 2.07. The van der Waals surface area contributed by atoms with Gasteiger partial charge in [0.25, 0.3) is 5.91 Å². The molecule has 0 saturated carbocycles. The number of ether oxygens (including phenoxy) is 1. The monoisotopic (exact) mass is 376 g/mol. The molecule has 0 atom stereocenters. The fraction of sp³-hybridized carbons (Fsp3) is 0.222. The van der Waals surface area contributed by atoms with Crippen LogP contribution < -0.4 is 10.1 Å². The van der Waals surface area contributed by atoms with Gasteiger partial charge in [-0.1, -0.05) is 0 Å². The van der Waals surface area contributed by atoms with Gasteiger partial charge in [-0.05, 0) is 49.7 Å². The smallest absolute Gasteiger partial charge is 0.257 e. The van der Waals surface area contributed by atoms with Crippen LogP contribution in [0.15, 0.2) is 41.8 Å². The van der Waals surface area contributed by atoms with Crippen molar-refractivity contribution < 1.29 is 13.9 Å². The zero-order valence-corrected chi connectivity index (χ0v) is 15.3. The molecule has 0 fully saturated rings. The molecule has 0 aliphatic carbocycles. The Balaban J connectivity index is 1.41. The van der Waals surface area contributed by atoms with Gasteiger partial charge >= 0.3 is 0 Å². The number of carbonyl (C=O) groups excluding carboxylic acids is 1. The van der Waals surface area contributed by atoms with E-state index in [0.29, 0.717) is 12.3 Å². The van der Waals surface area contributed by atoms with Crippen LogP contribution in [0.25, 0.3) is 10.6 Å². The number of amides is 1. The molecule has 1 amide bonds. The number of thiazole rings is 1. The third kappa shape index (κ3) is 5.11. The maximum Gasteiger partial charge on any atom is 0.257 e. The number of aromatic nitrogens is 1. The normalized spacial score (nSPS) is 10.6. The molecule has 25 heavy (non-hydrogen) atoms. The van der Waals surface area contributed by atoms with Crippen molar-refractivity contribution in [1.29, 1.82) is 0 Å². The Morgan fingerprint density at radius 2 is 2.04 bits per heavy atom. The number of benzene rings is 1. The van der Waals surface area contributed by atoms with Gasteiger partial charge in [-0.3, -0.25) is 4.79 Å². The van der Waals surface area contributed by atoms with Crippen LogP contribution in [0.5, 0.6) is 5.75 Å². The van der Waals surface area contributed by atoms with Gasteiger partial charge in [-0.25, -0.2) is 9.37 Å². The van der Waals surface area contributed by atoms with Gasteiger partial charge in [0, 0.05) is 16.8 Å². The minimum Gasteiger partial charge on any atom is -0.484 e. The summed E-state index contributed by atoms with van der Waals surface area (Å²) in [5, 5.41) is 5.93. The third-order valence-electron chi connectivity index (χ3n) is 3.41. The zero-order valence-electron chi connectivity index (χ0n) is 13.6. The van der Waals surface area contributed by atoms with Crippen LogP contribution in [-0.2, 0) is 11.2 Å². The predicted molar refractivity (Wildman–Crippen MR) is 98.8 cm³/mol. The minimum absolute atomic E-state index is 0.0839. The van der Waals surface area contributed by atoms with Crippen molar-refractivity contribution in [2.24, 2.45) is 0 Å². The standard InChI is InChI=1S/C18H17FN2O2S2/c1-12-21-16(11-24-12)17-7-6-15(25-17)8-9-20-18(22)10-23-14-4-2-13(19)3-5-14/h2-7,11H,8-10H2,1H3,(H,20,22). The van der Waals surface area contributed by atoms with Gasteiger partial charge in [0.1, 0.15) is 11.6 Å². The Labute approximate surface area is 153 Å². The maximum absolute atomic E-state index is 12.8. The molecule has 1 aromatic carbocycles. The fourth-order valence-corrected chi connectivity index (χ4v) is 3.84. The van der Waals surface area contributed by atoms with Crippen LogP contribution in [-0.4, -0.2) is 24.0 Å². The van der Waals surface area contributed by atoms with Crippen LogP contribution in [0.1, 0.15) is 9.88 Å². The first-order valence-corrected chi connectivity index (χ1v) is 9.46. The summed E-state index contributed by atoms with van der Waals surface area (Å²) in [4.78, 5) is 18.6. The quantitative estimate of drug-likeness (QED) is 0.677. The predicted octanol–water partition coefficient (Wildman–Crippen LogP) is 4.06. The zero-order chi connectivity index (χ0) is 17.6. The molecule has 0 spiro atoms. The van der Waals surface area contributed by atoms with Crippen LogP contribution in [0.4, 0.5) is 4.39 Å². The second kappa shape index (κ2) is 8.22. The van der Waals surface area contributed by atoms with Crippen LogP contribution in [0.3, 0.4) is 0 Å². The molecule has 3 aromatic rings. The summed E-state index contributed by atoms with van der Waals surface area (Å²) in [6, 6.07) is 9.71. The molecule has 0 aliphatic rings. The number of rotatable bonds is 7. The van der Waals surface area contributed by atoms with E-state index in [9.17, 15) is 9.18 Å². The molecule has 0 saturated heterocycles. The second-order valence-electron chi connectivity index (χ2n) is 5.36. The van der Waals surface area contributed by atoms with Crippen molar-refractivity contribution in [2.45, 2.75) is 13.3 Å². The first-order valence-electron chi connectivity index (χ1n) is 7.76. The Bertz CT molecular complexity index is 843. The lowest BCUT2D eigenvalue weighted by molar-refractivity contribution is -0.123. The van der Waals surface area contributed by atoms with Gasteiger partial charge in [0.05, 0.1) is 15.6 Å². The molecule has 4 nitrogen and oxygen atoms in total. The number of hydrogen-bond donors (Lipinski definition) is 1. The molecule has 130 valence electrons. The Hall–Kier alpha value is -2.25. The Morgan fingerprint density at radius 3 is 2.76 bits per heavy atom. The van der Waals surface area contributed by atoms with Crippen molar-refractivity contribution >= 4 is 28.6 Å². The number of aryl methyl sites for hydroxylation is 1. The summed E-state index contributed by atoms with van der Waals surface area (Å²) in [7, 11) is 0. The van der Waals surface area contributed by atoms with Crippen molar-refractivity contribution in [3.05, 3.63) is 57.5 Å². The van der Waals surface area contributed by atoms with Gasteiger partial charge in [-0.2, -0.15) is 0 Å². The SMILES string of the molecule is Cc1nc(-c2ccc(CCNC(=O)COc3ccc(F)cc3)s2)cs1. The topological polar surface area (TPSA) is 51.2 Å². The molecule has 0 bridgehead atoms. The van der Waals surface area contributed by atoms with Gasteiger partial charge in [0.2, 0.25) is 0 Å². The Kier molecular flexibility index (Phi) is 5.78. The van der Waals surface area contributed by atoms with E-state index in [1.165, 1.54) is 29.1 Å². The molecule has 2 aromatic heterocycles. The van der Waals surface area contributed by atoms with E-state index in [4.69, 9.17) is 4.74 Å². The largest absolute Gasteiger partial charge is 0.484 e. The van der Waals surface area contributed by atoms with Crippen LogP contribution in [0, 0.1) is 12.7 Å².